The lowest BCUT2D eigenvalue weighted by Gasteiger charge is -2.19. The van der Waals surface area contributed by atoms with E-state index in [0.717, 1.165) is 0 Å². The van der Waals surface area contributed by atoms with Crippen molar-refractivity contribution in [3.8, 4) is 5.75 Å². The Morgan fingerprint density at radius 2 is 1.83 bits per heavy atom. The van der Waals surface area contributed by atoms with Gasteiger partial charge in [0.15, 0.2) is 0 Å². The number of nitrogens with two attached hydrogens (primary N) is 1. The normalized spacial score (nSPS) is 12.1. The standard InChI is InChI=1S/C14H19Cl2NO5S/c1-14(2,3)22-11(18)5-4-8-21-9-6-7-10(23(17,19)20)13(16)12(9)15/h6-7H,4-5,8H2,1-3H3,(H2,17,19,20). The zero-order valence-corrected chi connectivity index (χ0v) is 15.4. The van der Waals surface area contributed by atoms with Gasteiger partial charge in [-0.15, -0.1) is 0 Å². The first kappa shape index (κ1) is 20.0. The van der Waals surface area contributed by atoms with Gasteiger partial charge in [-0.1, -0.05) is 23.2 Å². The average Bonchev–Trinajstić information content (AvgIpc) is 2.35. The van der Waals surface area contributed by atoms with Crippen LogP contribution in [-0.2, 0) is 19.6 Å². The number of rotatable bonds is 6. The summed E-state index contributed by atoms with van der Waals surface area (Å²) in [6.07, 6.45) is 0.609. The van der Waals surface area contributed by atoms with Gasteiger partial charge >= 0.3 is 5.97 Å². The first-order chi connectivity index (χ1) is 10.4. The van der Waals surface area contributed by atoms with E-state index >= 15 is 0 Å². The maximum atomic E-state index is 11.5. The third-order valence-corrected chi connectivity index (χ3v) is 4.45. The minimum atomic E-state index is -3.96. The van der Waals surface area contributed by atoms with Crippen molar-refractivity contribution in [2.24, 2.45) is 5.14 Å². The number of hydrogen-bond donors (Lipinski definition) is 1. The van der Waals surface area contributed by atoms with Crippen LogP contribution >= 0.6 is 23.2 Å². The van der Waals surface area contributed by atoms with Gasteiger partial charge in [0, 0.05) is 6.42 Å². The van der Waals surface area contributed by atoms with Crippen molar-refractivity contribution >= 4 is 39.2 Å². The summed E-state index contributed by atoms with van der Waals surface area (Å²) in [6.45, 7) is 5.56. The molecule has 0 aliphatic rings. The Labute approximate surface area is 145 Å². The molecular weight excluding hydrogens is 365 g/mol. The molecule has 6 nitrogen and oxygen atoms in total. The highest BCUT2D eigenvalue weighted by atomic mass is 35.5. The minimum Gasteiger partial charge on any atom is -0.492 e. The molecule has 0 unspecified atom stereocenters. The second-order valence-electron chi connectivity index (χ2n) is 5.77. The monoisotopic (exact) mass is 383 g/mol. The molecule has 0 fully saturated rings. The lowest BCUT2D eigenvalue weighted by Crippen LogP contribution is -2.24. The van der Waals surface area contributed by atoms with E-state index in [1.807, 2.05) is 0 Å². The number of carbonyl (C=O) groups excluding carboxylic acids is 1. The van der Waals surface area contributed by atoms with Crippen LogP contribution in [0.1, 0.15) is 33.6 Å². The van der Waals surface area contributed by atoms with Crippen molar-refractivity contribution in [2.45, 2.75) is 44.1 Å². The van der Waals surface area contributed by atoms with E-state index in [1.165, 1.54) is 12.1 Å². The topological polar surface area (TPSA) is 95.7 Å². The molecule has 130 valence electrons. The van der Waals surface area contributed by atoms with Gasteiger partial charge in [-0.3, -0.25) is 4.79 Å². The number of benzene rings is 1. The Hall–Kier alpha value is -1.02. The van der Waals surface area contributed by atoms with Crippen LogP contribution < -0.4 is 9.88 Å². The highest BCUT2D eigenvalue weighted by Crippen LogP contribution is 2.36. The van der Waals surface area contributed by atoms with Gasteiger partial charge in [0.25, 0.3) is 0 Å². The van der Waals surface area contributed by atoms with Crippen LogP contribution in [0, 0.1) is 0 Å². The van der Waals surface area contributed by atoms with Gasteiger partial charge in [-0.2, -0.15) is 0 Å². The largest absolute Gasteiger partial charge is 0.492 e. The van der Waals surface area contributed by atoms with Crippen LogP contribution in [0.2, 0.25) is 10.0 Å². The Morgan fingerprint density at radius 3 is 2.35 bits per heavy atom. The van der Waals surface area contributed by atoms with Crippen molar-refractivity contribution in [3.05, 3.63) is 22.2 Å². The second kappa shape index (κ2) is 7.70. The molecule has 2 N–H and O–H groups in total. The molecule has 0 bridgehead atoms. The van der Waals surface area contributed by atoms with Crippen molar-refractivity contribution in [1.82, 2.24) is 0 Å². The smallest absolute Gasteiger partial charge is 0.306 e. The third kappa shape index (κ3) is 6.55. The number of primary sulfonamides is 1. The molecule has 0 radical (unpaired) electrons. The molecule has 1 rings (SSSR count). The van der Waals surface area contributed by atoms with Crippen LogP contribution in [0.5, 0.6) is 5.75 Å². The van der Waals surface area contributed by atoms with Crippen LogP contribution in [0.25, 0.3) is 0 Å². The lowest BCUT2D eigenvalue weighted by molar-refractivity contribution is -0.155. The molecule has 0 aliphatic carbocycles. The molecule has 23 heavy (non-hydrogen) atoms. The summed E-state index contributed by atoms with van der Waals surface area (Å²) >= 11 is 11.8. The zero-order chi connectivity index (χ0) is 17.8. The summed E-state index contributed by atoms with van der Waals surface area (Å²) in [7, 11) is -3.96. The van der Waals surface area contributed by atoms with Crippen LogP contribution in [0.15, 0.2) is 17.0 Å². The first-order valence-corrected chi connectivity index (χ1v) is 9.07. The second-order valence-corrected chi connectivity index (χ2v) is 8.06. The van der Waals surface area contributed by atoms with Crippen LogP contribution in [0.3, 0.4) is 0 Å². The van der Waals surface area contributed by atoms with E-state index in [4.69, 9.17) is 37.8 Å². The predicted molar refractivity (Wildman–Crippen MR) is 88.4 cm³/mol. The molecule has 1 aromatic rings. The van der Waals surface area contributed by atoms with Crippen molar-refractivity contribution in [1.29, 1.82) is 0 Å². The molecule has 0 spiro atoms. The molecule has 0 amide bonds. The SMILES string of the molecule is CC(C)(C)OC(=O)CCCOc1ccc(S(N)(=O)=O)c(Cl)c1Cl. The lowest BCUT2D eigenvalue weighted by atomic mass is 10.2. The van der Waals surface area contributed by atoms with Gasteiger partial charge in [0.2, 0.25) is 10.0 Å². The maximum Gasteiger partial charge on any atom is 0.306 e. The molecule has 0 atom stereocenters. The fourth-order valence-corrected chi connectivity index (χ4v) is 3.00. The molecule has 9 heteroatoms. The van der Waals surface area contributed by atoms with Crippen LogP contribution in [-0.4, -0.2) is 26.6 Å². The third-order valence-electron chi connectivity index (χ3n) is 2.52. The predicted octanol–water partition coefficient (Wildman–Crippen LogP) is 3.14. The quantitative estimate of drug-likeness (QED) is 0.601. The Bertz CT molecular complexity index is 683. The maximum absolute atomic E-state index is 11.5. The number of sulfonamides is 1. The fourth-order valence-electron chi connectivity index (χ4n) is 1.64. The van der Waals surface area contributed by atoms with Gasteiger partial charge in [-0.05, 0) is 39.3 Å². The van der Waals surface area contributed by atoms with E-state index in [2.05, 4.69) is 0 Å². The molecule has 0 aliphatic heterocycles. The Morgan fingerprint density at radius 1 is 1.22 bits per heavy atom. The number of ether oxygens (including phenoxy) is 2. The number of carbonyl (C=O) groups is 1. The van der Waals surface area contributed by atoms with E-state index in [9.17, 15) is 13.2 Å². The van der Waals surface area contributed by atoms with Crippen LogP contribution in [0.4, 0.5) is 0 Å². The number of esters is 1. The summed E-state index contributed by atoms with van der Waals surface area (Å²) in [6, 6.07) is 2.58. The number of hydrogen-bond acceptors (Lipinski definition) is 5. The highest BCUT2D eigenvalue weighted by Gasteiger charge is 2.19. The Kier molecular flexibility index (Phi) is 6.70. The fraction of sp³-hybridized carbons (Fsp3) is 0.500. The van der Waals surface area contributed by atoms with Gasteiger partial charge in [-0.25, -0.2) is 13.6 Å². The van der Waals surface area contributed by atoms with E-state index in [0.29, 0.717) is 6.42 Å². The van der Waals surface area contributed by atoms with Gasteiger partial charge in [0.05, 0.1) is 11.6 Å². The van der Waals surface area contributed by atoms with Crippen molar-refractivity contribution in [3.63, 3.8) is 0 Å². The van der Waals surface area contributed by atoms with Crippen molar-refractivity contribution in [2.75, 3.05) is 6.61 Å². The molecule has 0 saturated carbocycles. The summed E-state index contributed by atoms with van der Waals surface area (Å²) < 4.78 is 33.2. The first-order valence-electron chi connectivity index (χ1n) is 6.77. The summed E-state index contributed by atoms with van der Waals surface area (Å²) in [5.74, 6) is -0.108. The molecular formula is C14H19Cl2NO5S. The van der Waals surface area contributed by atoms with Gasteiger partial charge in [0.1, 0.15) is 21.3 Å². The van der Waals surface area contributed by atoms with E-state index < -0.39 is 15.6 Å². The summed E-state index contributed by atoms with van der Waals surface area (Å²) in [5.41, 5.74) is -0.529. The zero-order valence-electron chi connectivity index (χ0n) is 13.1. The average molecular weight is 384 g/mol. The van der Waals surface area contributed by atoms with E-state index in [-0.39, 0.29) is 39.7 Å². The molecule has 1 aromatic carbocycles. The van der Waals surface area contributed by atoms with Gasteiger partial charge < -0.3 is 9.47 Å². The summed E-state index contributed by atoms with van der Waals surface area (Å²) in [4.78, 5) is 11.3. The molecule has 0 heterocycles. The van der Waals surface area contributed by atoms with E-state index in [1.54, 1.807) is 20.8 Å². The van der Waals surface area contributed by atoms with Crippen molar-refractivity contribution < 1.29 is 22.7 Å². The minimum absolute atomic E-state index is 0.0459. The molecule has 0 aromatic heterocycles. The number of halogens is 2. The molecule has 0 saturated heterocycles. The Balaban J connectivity index is 2.60. The highest BCUT2D eigenvalue weighted by molar-refractivity contribution is 7.89. The summed E-state index contributed by atoms with van der Waals surface area (Å²) in [5, 5.41) is 4.78.